The number of hydrogen-bond donors (Lipinski definition) is 1. The van der Waals surface area contributed by atoms with E-state index in [0.29, 0.717) is 11.4 Å². The lowest BCUT2D eigenvalue weighted by Crippen LogP contribution is -1.92. The number of rotatable bonds is 4. The number of non-ortho nitro benzene ring substituents is 1. The first-order chi connectivity index (χ1) is 10.8. The molecule has 0 aliphatic rings. The van der Waals surface area contributed by atoms with Gasteiger partial charge in [-0.15, -0.1) is 5.11 Å². The minimum Gasteiger partial charge on any atom is -0.399 e. The molecule has 0 bridgehead atoms. The van der Waals surface area contributed by atoms with E-state index >= 15 is 0 Å². The molecule has 9 nitrogen and oxygen atoms in total. The fraction of sp³-hybridized carbons (Fsp3) is 0.143. The van der Waals surface area contributed by atoms with E-state index in [4.69, 9.17) is 5.73 Å². The zero-order valence-electron chi connectivity index (χ0n) is 12.4. The monoisotopic (exact) mass is 315 g/mol. The van der Waals surface area contributed by atoms with Crippen LogP contribution in [-0.2, 0) is 0 Å². The summed E-state index contributed by atoms with van der Waals surface area (Å²) in [7, 11) is 0. The fourth-order valence-electron chi connectivity index (χ4n) is 1.89. The van der Waals surface area contributed by atoms with Crippen molar-refractivity contribution in [3.05, 3.63) is 61.7 Å². The van der Waals surface area contributed by atoms with Gasteiger partial charge in [0.1, 0.15) is 0 Å². The van der Waals surface area contributed by atoms with Crippen LogP contribution in [0.1, 0.15) is 11.1 Å². The smallest absolute Gasteiger partial charge is 0.303 e. The quantitative estimate of drug-likeness (QED) is 0.391. The highest BCUT2D eigenvalue weighted by molar-refractivity contribution is 5.63. The van der Waals surface area contributed by atoms with Crippen molar-refractivity contribution in [1.82, 2.24) is 0 Å². The van der Waals surface area contributed by atoms with Gasteiger partial charge in [0.25, 0.3) is 5.69 Å². The number of nitrogens with zero attached hydrogens (tertiary/aromatic N) is 4. The number of nitrogens with two attached hydrogens (primary N) is 1. The summed E-state index contributed by atoms with van der Waals surface area (Å²) in [5.74, 6) is 0. The van der Waals surface area contributed by atoms with E-state index in [2.05, 4.69) is 10.2 Å². The maximum Gasteiger partial charge on any atom is 0.303 e. The third-order valence-electron chi connectivity index (χ3n) is 3.22. The van der Waals surface area contributed by atoms with Crippen molar-refractivity contribution < 1.29 is 9.85 Å². The summed E-state index contributed by atoms with van der Waals surface area (Å²) >= 11 is 0. The lowest BCUT2D eigenvalue weighted by Gasteiger charge is -2.04. The van der Waals surface area contributed by atoms with Gasteiger partial charge >= 0.3 is 5.69 Å². The summed E-state index contributed by atoms with van der Waals surface area (Å²) in [4.78, 5) is 20.3. The zero-order chi connectivity index (χ0) is 17.1. The third kappa shape index (κ3) is 3.46. The van der Waals surface area contributed by atoms with Crippen molar-refractivity contribution in [2.75, 3.05) is 5.73 Å². The molecule has 0 saturated heterocycles. The molecule has 2 aromatic rings. The van der Waals surface area contributed by atoms with Crippen molar-refractivity contribution >= 4 is 28.4 Å². The van der Waals surface area contributed by atoms with Gasteiger partial charge in [-0.05, 0) is 43.2 Å². The molecule has 0 heterocycles. The number of nitro groups is 2. The van der Waals surface area contributed by atoms with Gasteiger partial charge in [0.05, 0.1) is 21.6 Å². The lowest BCUT2D eigenvalue weighted by atomic mass is 10.1. The molecule has 2 aromatic carbocycles. The predicted molar refractivity (Wildman–Crippen MR) is 84.3 cm³/mol. The third-order valence-corrected chi connectivity index (χ3v) is 3.22. The molecule has 0 saturated carbocycles. The number of nitrogen functional groups attached to an aromatic ring is 1. The highest BCUT2D eigenvalue weighted by Gasteiger charge is 2.19. The molecule has 0 fully saturated rings. The Balaban J connectivity index is 2.45. The molecular weight excluding hydrogens is 302 g/mol. The van der Waals surface area contributed by atoms with E-state index in [1.807, 2.05) is 6.92 Å². The summed E-state index contributed by atoms with van der Waals surface area (Å²) in [6.45, 7) is 3.59. The maximum atomic E-state index is 11.0. The highest BCUT2D eigenvalue weighted by atomic mass is 16.6. The standard InChI is InChI=1S/C14H13N5O4/c1-8-6-13(9(2)5-11(8)15)17-16-12-4-3-10(18(20)21)7-14(12)19(22)23/h3-7H,15H2,1-2H3/b17-16+. The number of aryl methyl sites for hydroxylation is 2. The Hall–Kier alpha value is -3.36. The van der Waals surface area contributed by atoms with E-state index in [-0.39, 0.29) is 11.4 Å². The van der Waals surface area contributed by atoms with Crippen molar-refractivity contribution in [2.45, 2.75) is 13.8 Å². The molecule has 0 unspecified atom stereocenters. The van der Waals surface area contributed by atoms with E-state index in [1.165, 1.54) is 6.07 Å². The highest BCUT2D eigenvalue weighted by Crippen LogP contribution is 2.33. The van der Waals surface area contributed by atoms with Crippen LogP contribution in [0.2, 0.25) is 0 Å². The second-order valence-corrected chi connectivity index (χ2v) is 4.88. The van der Waals surface area contributed by atoms with Crippen LogP contribution in [0.25, 0.3) is 0 Å². The van der Waals surface area contributed by atoms with Gasteiger partial charge in [-0.3, -0.25) is 20.2 Å². The zero-order valence-corrected chi connectivity index (χ0v) is 12.4. The molecule has 23 heavy (non-hydrogen) atoms. The summed E-state index contributed by atoms with van der Waals surface area (Å²) in [5.41, 5.74) is 7.57. The lowest BCUT2D eigenvalue weighted by molar-refractivity contribution is -0.393. The Kier molecular flexibility index (Phi) is 4.30. The van der Waals surface area contributed by atoms with Crippen LogP contribution in [0, 0.1) is 34.1 Å². The van der Waals surface area contributed by atoms with Crippen LogP contribution in [0.4, 0.5) is 28.4 Å². The van der Waals surface area contributed by atoms with Crippen LogP contribution in [-0.4, -0.2) is 9.85 Å². The van der Waals surface area contributed by atoms with Gasteiger partial charge in [-0.2, -0.15) is 5.11 Å². The number of benzene rings is 2. The second kappa shape index (κ2) is 6.18. The van der Waals surface area contributed by atoms with E-state index in [9.17, 15) is 20.2 Å². The van der Waals surface area contributed by atoms with Gasteiger partial charge in [-0.25, -0.2) is 0 Å². The topological polar surface area (TPSA) is 137 Å². The maximum absolute atomic E-state index is 11.0. The molecule has 0 atom stereocenters. The Morgan fingerprint density at radius 1 is 0.913 bits per heavy atom. The van der Waals surface area contributed by atoms with Crippen LogP contribution < -0.4 is 5.73 Å². The number of hydrogen-bond acceptors (Lipinski definition) is 7. The van der Waals surface area contributed by atoms with Gasteiger partial charge in [0, 0.05) is 11.8 Å². The minimum absolute atomic E-state index is 0.0607. The Bertz CT molecular complexity index is 832. The molecular formula is C14H13N5O4. The van der Waals surface area contributed by atoms with Crippen molar-refractivity contribution in [3.63, 3.8) is 0 Å². The molecule has 0 spiro atoms. The first kappa shape index (κ1) is 16.0. The van der Waals surface area contributed by atoms with Gasteiger partial charge in [0.2, 0.25) is 0 Å². The van der Waals surface area contributed by atoms with Gasteiger partial charge in [0.15, 0.2) is 5.69 Å². The summed E-state index contributed by atoms with van der Waals surface area (Å²) in [5, 5.41) is 29.6. The Morgan fingerprint density at radius 3 is 2.17 bits per heavy atom. The van der Waals surface area contributed by atoms with Crippen LogP contribution in [0.3, 0.4) is 0 Å². The molecule has 9 heteroatoms. The van der Waals surface area contributed by atoms with E-state index in [1.54, 1.807) is 19.1 Å². The average molecular weight is 315 g/mol. The van der Waals surface area contributed by atoms with Gasteiger partial charge < -0.3 is 5.73 Å². The van der Waals surface area contributed by atoms with Gasteiger partial charge in [-0.1, -0.05) is 0 Å². The Morgan fingerprint density at radius 2 is 1.57 bits per heavy atom. The molecule has 0 radical (unpaired) electrons. The second-order valence-electron chi connectivity index (χ2n) is 4.88. The minimum atomic E-state index is -0.734. The summed E-state index contributed by atoms with van der Waals surface area (Å²) in [6, 6.07) is 6.64. The van der Waals surface area contributed by atoms with Crippen LogP contribution in [0.15, 0.2) is 40.6 Å². The SMILES string of the molecule is Cc1cc(/N=N/c2ccc([N+](=O)[O-])cc2[N+](=O)[O-])c(C)cc1N. The molecule has 0 aliphatic carbocycles. The summed E-state index contributed by atoms with van der Waals surface area (Å²) in [6.07, 6.45) is 0. The molecule has 118 valence electrons. The average Bonchev–Trinajstić information content (AvgIpc) is 2.49. The van der Waals surface area contributed by atoms with Crippen molar-refractivity contribution in [1.29, 1.82) is 0 Å². The normalized spacial score (nSPS) is 10.9. The predicted octanol–water partition coefficient (Wildman–Crippen LogP) is 4.12. The van der Waals surface area contributed by atoms with E-state index in [0.717, 1.165) is 23.3 Å². The first-order valence-corrected chi connectivity index (χ1v) is 6.51. The number of azo groups is 1. The molecule has 0 aromatic heterocycles. The van der Waals surface area contributed by atoms with E-state index < -0.39 is 15.5 Å². The molecule has 2 N–H and O–H groups in total. The number of anilines is 1. The largest absolute Gasteiger partial charge is 0.399 e. The molecule has 0 aliphatic heterocycles. The van der Waals surface area contributed by atoms with Crippen molar-refractivity contribution in [3.8, 4) is 0 Å². The van der Waals surface area contributed by atoms with Crippen LogP contribution >= 0.6 is 0 Å². The first-order valence-electron chi connectivity index (χ1n) is 6.51. The fourth-order valence-corrected chi connectivity index (χ4v) is 1.89. The van der Waals surface area contributed by atoms with Crippen molar-refractivity contribution in [2.24, 2.45) is 10.2 Å². The summed E-state index contributed by atoms with van der Waals surface area (Å²) < 4.78 is 0. The molecule has 2 rings (SSSR count). The van der Waals surface area contributed by atoms with Crippen LogP contribution in [0.5, 0.6) is 0 Å². The Labute approximate surface area is 130 Å². The molecule has 0 amide bonds. The number of nitro benzene ring substituents is 2.